The number of hydrogen-bond acceptors (Lipinski definition) is 5. The summed E-state index contributed by atoms with van der Waals surface area (Å²) in [5.41, 5.74) is 4.12. The summed E-state index contributed by atoms with van der Waals surface area (Å²) < 4.78 is 47.4. The summed E-state index contributed by atoms with van der Waals surface area (Å²) >= 11 is 0. The molecular weight excluding hydrogens is 552 g/mol. The van der Waals surface area contributed by atoms with Crippen LogP contribution in [0.1, 0.15) is 69.9 Å². The van der Waals surface area contributed by atoms with Crippen LogP contribution in [0.4, 0.5) is 13.6 Å². The maximum absolute atomic E-state index is 14.2. The predicted molar refractivity (Wildman–Crippen MR) is 163 cm³/mol. The zero-order chi connectivity index (χ0) is 30.6. The van der Waals surface area contributed by atoms with E-state index in [2.05, 4.69) is 10.4 Å². The van der Waals surface area contributed by atoms with Gasteiger partial charge in [0.1, 0.15) is 29.6 Å². The number of nitrogens with one attached hydrogen (secondary N) is 1. The number of hydrogen-bond donors (Lipinski definition) is 1. The van der Waals surface area contributed by atoms with Crippen molar-refractivity contribution in [2.75, 3.05) is 19.8 Å². The molecule has 0 radical (unpaired) electrons. The summed E-state index contributed by atoms with van der Waals surface area (Å²) in [4.78, 5) is 11.9. The highest BCUT2D eigenvalue weighted by atomic mass is 19.1. The van der Waals surface area contributed by atoms with Crippen molar-refractivity contribution >= 4 is 28.1 Å². The number of alkyl carbamates (subject to hydrolysis) is 1. The quantitative estimate of drug-likeness (QED) is 0.167. The first-order valence-corrected chi connectivity index (χ1v) is 14.5. The second-order valence-electron chi connectivity index (χ2n) is 11.6. The van der Waals surface area contributed by atoms with Gasteiger partial charge in [-0.2, -0.15) is 5.10 Å². The average Bonchev–Trinajstić information content (AvgIpc) is 3.39. The van der Waals surface area contributed by atoms with Crippen LogP contribution in [0.2, 0.25) is 0 Å². The average molecular weight is 590 g/mol. The lowest BCUT2D eigenvalue weighted by atomic mass is 9.89. The van der Waals surface area contributed by atoms with Crippen molar-refractivity contribution in [2.24, 2.45) is 0 Å². The van der Waals surface area contributed by atoms with E-state index in [1.165, 1.54) is 12.1 Å². The summed E-state index contributed by atoms with van der Waals surface area (Å²) in [6.07, 6.45) is 4.31. The number of amides is 1. The summed E-state index contributed by atoms with van der Waals surface area (Å²) in [7, 11) is 0. The molecule has 1 N–H and O–H groups in total. The number of nitrogens with zero attached hydrogens (tertiary/aromatic N) is 2. The number of carbonyl (C=O) groups is 1. The molecule has 7 nitrogen and oxygen atoms in total. The van der Waals surface area contributed by atoms with Gasteiger partial charge >= 0.3 is 6.09 Å². The highest BCUT2D eigenvalue weighted by molar-refractivity contribution is 5.99. The predicted octanol–water partition coefficient (Wildman–Crippen LogP) is 7.90. The molecule has 1 aliphatic rings. The molecule has 1 amide bonds. The second-order valence-corrected chi connectivity index (χ2v) is 11.6. The third-order valence-corrected chi connectivity index (χ3v) is 7.17. The molecule has 2 heterocycles. The fourth-order valence-corrected chi connectivity index (χ4v) is 5.22. The zero-order valence-corrected chi connectivity index (χ0v) is 25.0. The van der Waals surface area contributed by atoms with E-state index in [0.29, 0.717) is 11.3 Å². The zero-order valence-electron chi connectivity index (χ0n) is 25.0. The van der Waals surface area contributed by atoms with Crippen molar-refractivity contribution in [3.8, 4) is 5.75 Å². The van der Waals surface area contributed by atoms with Crippen molar-refractivity contribution in [3.63, 3.8) is 0 Å². The molecule has 3 aromatic carbocycles. The molecule has 1 unspecified atom stereocenters. The van der Waals surface area contributed by atoms with Crippen LogP contribution < -0.4 is 10.1 Å². The van der Waals surface area contributed by atoms with Crippen molar-refractivity contribution < 1.29 is 27.8 Å². The lowest BCUT2D eigenvalue weighted by Gasteiger charge is -2.23. The molecule has 1 fully saturated rings. The van der Waals surface area contributed by atoms with Crippen molar-refractivity contribution in [1.29, 1.82) is 0 Å². The van der Waals surface area contributed by atoms with Crippen LogP contribution in [0, 0.1) is 11.6 Å². The van der Waals surface area contributed by atoms with E-state index in [1.54, 1.807) is 20.8 Å². The number of benzene rings is 3. The second kappa shape index (κ2) is 13.0. The molecule has 43 heavy (non-hydrogen) atoms. The minimum Gasteiger partial charge on any atom is -0.492 e. The van der Waals surface area contributed by atoms with E-state index >= 15 is 0 Å². The Morgan fingerprint density at radius 1 is 1.00 bits per heavy atom. The molecular formula is C34H37F2N3O4. The number of rotatable bonds is 8. The van der Waals surface area contributed by atoms with Crippen LogP contribution in [0.15, 0.2) is 66.9 Å². The van der Waals surface area contributed by atoms with Crippen molar-refractivity contribution in [3.05, 3.63) is 95.2 Å². The minimum absolute atomic E-state index is 0.0870. The molecule has 226 valence electrons. The summed E-state index contributed by atoms with van der Waals surface area (Å²) in [5, 5.41) is 8.23. The molecule has 1 atom stereocenters. The smallest absolute Gasteiger partial charge is 0.407 e. The Bertz CT molecular complexity index is 1600. The van der Waals surface area contributed by atoms with Gasteiger partial charge in [-0.25, -0.2) is 18.3 Å². The van der Waals surface area contributed by atoms with E-state index in [0.717, 1.165) is 65.1 Å². The van der Waals surface area contributed by atoms with Crippen molar-refractivity contribution in [1.82, 2.24) is 15.1 Å². The number of carbonyl (C=O) groups excluding carboxylic acids is 1. The molecule has 0 spiro atoms. The Hall–Kier alpha value is -4.24. The van der Waals surface area contributed by atoms with E-state index in [9.17, 15) is 13.6 Å². The largest absolute Gasteiger partial charge is 0.492 e. The third-order valence-electron chi connectivity index (χ3n) is 7.17. The fraction of sp³-hybridized carbons (Fsp3) is 0.353. The summed E-state index contributed by atoms with van der Waals surface area (Å²) in [5.74, 6) is -0.656. The lowest BCUT2D eigenvalue weighted by Crippen LogP contribution is -2.34. The topological polar surface area (TPSA) is 74.6 Å². The van der Waals surface area contributed by atoms with E-state index < -0.39 is 23.3 Å². The first-order valence-electron chi connectivity index (χ1n) is 14.5. The highest BCUT2D eigenvalue weighted by Gasteiger charge is 2.20. The molecule has 1 aliphatic heterocycles. The molecule has 9 heteroatoms. The number of fused-ring (bicyclic) bond motifs is 1. The van der Waals surface area contributed by atoms with Gasteiger partial charge in [-0.15, -0.1) is 0 Å². The summed E-state index contributed by atoms with van der Waals surface area (Å²) in [6.45, 7) is 8.53. The normalized spacial score (nSPS) is 16.1. The molecule has 1 saturated heterocycles. The Labute approximate surface area is 250 Å². The minimum atomic E-state index is -0.637. The highest BCUT2D eigenvalue weighted by Crippen LogP contribution is 2.36. The Morgan fingerprint density at radius 2 is 1.72 bits per heavy atom. The lowest BCUT2D eigenvalue weighted by molar-refractivity contribution is -0.0366. The SMILES string of the molecule is C/C(=C(/c1ccc(OCCNC(=O)OC(C)(C)C)cc1)c1ccc2c(cnn2C2CCCCO2)c1)c1cc(F)cc(F)c1. The molecule has 4 aromatic rings. The van der Waals surface area contributed by atoms with Gasteiger partial charge in [0.25, 0.3) is 0 Å². The van der Waals surface area contributed by atoms with Crippen LogP contribution in [-0.4, -0.2) is 41.2 Å². The van der Waals surface area contributed by atoms with Gasteiger partial charge in [0, 0.05) is 18.1 Å². The number of halogens is 2. The van der Waals surface area contributed by atoms with Gasteiger partial charge in [-0.05, 0) is 111 Å². The van der Waals surface area contributed by atoms with E-state index in [-0.39, 0.29) is 19.4 Å². The summed E-state index contributed by atoms with van der Waals surface area (Å²) in [6, 6.07) is 17.1. The van der Waals surface area contributed by atoms with Crippen molar-refractivity contribution in [2.45, 2.75) is 58.8 Å². The molecule has 0 saturated carbocycles. The standard InChI is InChI=1S/C34H37F2N3O4/c1-22(25-18-27(35)20-28(36)19-25)32(23-8-11-29(12-9-23)41-16-14-37-33(40)43-34(2,3)4)24-10-13-30-26(17-24)21-38-39(30)31-7-5-6-15-42-31/h8-13,17-21,31H,5-7,14-16H2,1-4H3,(H,37,40)/b32-22+. The molecule has 0 bridgehead atoms. The Morgan fingerprint density at radius 3 is 2.40 bits per heavy atom. The van der Waals surface area contributed by atoms with Gasteiger partial charge in [-0.1, -0.05) is 18.2 Å². The molecule has 1 aromatic heterocycles. The third kappa shape index (κ3) is 7.59. The Kier molecular flexibility index (Phi) is 9.11. The maximum atomic E-state index is 14.2. The number of ether oxygens (including phenoxy) is 3. The Balaban J connectivity index is 1.42. The van der Waals surface area contributed by atoms with Crippen LogP contribution >= 0.6 is 0 Å². The van der Waals surface area contributed by atoms with Crippen LogP contribution in [0.5, 0.6) is 5.75 Å². The molecule has 5 rings (SSSR count). The fourth-order valence-electron chi connectivity index (χ4n) is 5.22. The van der Waals surface area contributed by atoms with Gasteiger partial charge < -0.3 is 19.5 Å². The van der Waals surface area contributed by atoms with E-state index in [4.69, 9.17) is 14.2 Å². The van der Waals surface area contributed by atoms with E-state index in [1.807, 2.05) is 60.3 Å². The number of allylic oxidation sites excluding steroid dienone is 1. The molecule has 0 aliphatic carbocycles. The number of aromatic nitrogens is 2. The maximum Gasteiger partial charge on any atom is 0.407 e. The van der Waals surface area contributed by atoms with Crippen LogP contribution in [-0.2, 0) is 9.47 Å². The van der Waals surface area contributed by atoms with Gasteiger partial charge in [-0.3, -0.25) is 0 Å². The van der Waals surface area contributed by atoms with Crippen LogP contribution in [0.25, 0.3) is 22.0 Å². The first kappa shape index (κ1) is 30.2. The monoisotopic (exact) mass is 589 g/mol. The van der Waals surface area contributed by atoms with Crippen LogP contribution in [0.3, 0.4) is 0 Å². The first-order chi connectivity index (χ1) is 20.6. The van der Waals surface area contributed by atoms with Gasteiger partial charge in [0.2, 0.25) is 0 Å². The van der Waals surface area contributed by atoms with Gasteiger partial charge in [0.05, 0.1) is 18.3 Å². The van der Waals surface area contributed by atoms with Gasteiger partial charge in [0.15, 0.2) is 6.23 Å².